The lowest BCUT2D eigenvalue weighted by Crippen LogP contribution is -2.48. The molecule has 1 unspecified atom stereocenters. The van der Waals surface area contributed by atoms with Gasteiger partial charge in [0.1, 0.15) is 0 Å². The number of hydrogen-bond acceptors (Lipinski definition) is 3. The van der Waals surface area contributed by atoms with Crippen LogP contribution in [-0.2, 0) is 16.1 Å². The quantitative estimate of drug-likeness (QED) is 0.764. The normalized spacial score (nSPS) is 20.2. The van der Waals surface area contributed by atoms with E-state index in [9.17, 15) is 19.5 Å². The van der Waals surface area contributed by atoms with E-state index in [4.69, 9.17) is 0 Å². The Bertz CT molecular complexity index is 685. The monoisotopic (exact) mass is 359 g/mol. The molecule has 1 aromatic carbocycles. The van der Waals surface area contributed by atoms with Crippen molar-refractivity contribution in [2.75, 3.05) is 13.1 Å². The van der Waals surface area contributed by atoms with Crippen molar-refractivity contribution in [2.45, 2.75) is 50.6 Å². The maximum atomic E-state index is 12.5. The molecule has 1 aliphatic carbocycles. The summed E-state index contributed by atoms with van der Waals surface area (Å²) in [6.45, 7) is 0.356. The van der Waals surface area contributed by atoms with Crippen LogP contribution >= 0.6 is 0 Å². The summed E-state index contributed by atoms with van der Waals surface area (Å²) in [5, 5.41) is 15.0. The van der Waals surface area contributed by atoms with E-state index in [-0.39, 0.29) is 31.1 Å². The fourth-order valence-electron chi connectivity index (χ4n) is 3.76. The van der Waals surface area contributed by atoms with Crippen LogP contribution in [0.15, 0.2) is 24.3 Å². The lowest BCUT2D eigenvalue weighted by atomic mass is 9.90. The van der Waals surface area contributed by atoms with E-state index in [1.807, 2.05) is 18.2 Å². The number of amides is 3. The zero-order valence-corrected chi connectivity index (χ0v) is 14.7. The molecule has 0 saturated heterocycles. The van der Waals surface area contributed by atoms with Crippen molar-refractivity contribution >= 4 is 17.9 Å². The van der Waals surface area contributed by atoms with Crippen LogP contribution in [0, 0.1) is 0 Å². The summed E-state index contributed by atoms with van der Waals surface area (Å²) in [4.78, 5) is 37.5. The van der Waals surface area contributed by atoms with E-state index >= 15 is 0 Å². The average Bonchev–Trinajstić information content (AvgIpc) is 2.65. The summed E-state index contributed by atoms with van der Waals surface area (Å²) in [6, 6.07) is 7.12. The summed E-state index contributed by atoms with van der Waals surface area (Å²) < 4.78 is 0. The number of carbonyl (C=O) groups excluding carboxylic acids is 2. The SMILES string of the molecule is O=C(NCC(=O)N1Cc2ccccc2C(C(=O)O)C1)NC1CCCCC1. The smallest absolute Gasteiger partial charge is 0.315 e. The number of carboxylic acid groups (broad SMARTS) is 1. The van der Waals surface area contributed by atoms with Gasteiger partial charge in [-0.05, 0) is 24.0 Å². The summed E-state index contributed by atoms with van der Waals surface area (Å²) >= 11 is 0. The van der Waals surface area contributed by atoms with E-state index in [0.29, 0.717) is 6.54 Å². The van der Waals surface area contributed by atoms with Crippen LogP contribution in [0.25, 0.3) is 0 Å². The van der Waals surface area contributed by atoms with Crippen LogP contribution in [0.3, 0.4) is 0 Å². The number of carboxylic acids is 1. The van der Waals surface area contributed by atoms with Crippen LogP contribution in [0.5, 0.6) is 0 Å². The first-order valence-electron chi connectivity index (χ1n) is 9.17. The van der Waals surface area contributed by atoms with Crippen molar-refractivity contribution in [1.29, 1.82) is 0 Å². The van der Waals surface area contributed by atoms with Crippen molar-refractivity contribution in [1.82, 2.24) is 15.5 Å². The number of benzene rings is 1. The highest BCUT2D eigenvalue weighted by molar-refractivity contribution is 5.85. The van der Waals surface area contributed by atoms with E-state index in [0.717, 1.165) is 36.8 Å². The molecule has 7 heteroatoms. The Labute approximate surface area is 152 Å². The van der Waals surface area contributed by atoms with Crippen molar-refractivity contribution in [3.63, 3.8) is 0 Å². The van der Waals surface area contributed by atoms with Gasteiger partial charge in [0.15, 0.2) is 0 Å². The molecule has 2 aliphatic rings. The van der Waals surface area contributed by atoms with Gasteiger partial charge in [-0.1, -0.05) is 43.5 Å². The zero-order chi connectivity index (χ0) is 18.5. The molecule has 1 fully saturated rings. The topological polar surface area (TPSA) is 98.7 Å². The predicted molar refractivity (Wildman–Crippen MR) is 95.6 cm³/mol. The van der Waals surface area contributed by atoms with Gasteiger partial charge in [-0.2, -0.15) is 0 Å². The molecule has 140 valence electrons. The highest BCUT2D eigenvalue weighted by atomic mass is 16.4. The first-order chi connectivity index (χ1) is 12.5. The third kappa shape index (κ3) is 4.33. The Morgan fingerprint density at radius 2 is 1.85 bits per heavy atom. The summed E-state index contributed by atoms with van der Waals surface area (Å²) in [6.07, 6.45) is 5.40. The Morgan fingerprint density at radius 3 is 2.58 bits per heavy atom. The summed E-state index contributed by atoms with van der Waals surface area (Å²) in [7, 11) is 0. The first kappa shape index (κ1) is 18.2. The largest absolute Gasteiger partial charge is 0.481 e. The van der Waals surface area contributed by atoms with Gasteiger partial charge in [0, 0.05) is 19.1 Å². The minimum absolute atomic E-state index is 0.122. The van der Waals surface area contributed by atoms with Gasteiger partial charge in [-0.3, -0.25) is 9.59 Å². The second-order valence-electron chi connectivity index (χ2n) is 7.03. The molecule has 0 bridgehead atoms. The molecule has 1 aromatic rings. The van der Waals surface area contributed by atoms with Gasteiger partial charge >= 0.3 is 12.0 Å². The first-order valence-corrected chi connectivity index (χ1v) is 9.17. The standard InChI is InChI=1S/C19H25N3O4/c23-17(10-20-19(26)21-14-7-2-1-3-8-14)22-11-13-6-4-5-9-15(13)16(12-22)18(24)25/h4-6,9,14,16H,1-3,7-8,10-12H2,(H,24,25)(H2,20,21,26). The molecule has 0 radical (unpaired) electrons. The number of nitrogens with one attached hydrogen (secondary N) is 2. The van der Waals surface area contributed by atoms with Gasteiger partial charge in [-0.15, -0.1) is 0 Å². The molecule has 3 rings (SSSR count). The second kappa shape index (κ2) is 8.21. The Morgan fingerprint density at radius 1 is 1.12 bits per heavy atom. The van der Waals surface area contributed by atoms with Crippen LogP contribution < -0.4 is 10.6 Å². The van der Waals surface area contributed by atoms with Gasteiger partial charge in [0.2, 0.25) is 5.91 Å². The van der Waals surface area contributed by atoms with Gasteiger partial charge < -0.3 is 20.6 Å². The van der Waals surface area contributed by atoms with Crippen molar-refractivity contribution in [3.05, 3.63) is 35.4 Å². The molecule has 1 atom stereocenters. The summed E-state index contributed by atoms with van der Waals surface area (Å²) in [5.41, 5.74) is 1.60. The van der Waals surface area contributed by atoms with Crippen molar-refractivity contribution < 1.29 is 19.5 Å². The van der Waals surface area contributed by atoms with Gasteiger partial charge in [-0.25, -0.2) is 4.79 Å². The maximum absolute atomic E-state index is 12.5. The molecule has 1 heterocycles. The molecule has 0 spiro atoms. The number of rotatable bonds is 4. The van der Waals surface area contributed by atoms with Crippen LogP contribution in [0.1, 0.15) is 49.1 Å². The fourth-order valence-corrected chi connectivity index (χ4v) is 3.76. The average molecular weight is 359 g/mol. The van der Waals surface area contributed by atoms with Crippen LogP contribution in [0.2, 0.25) is 0 Å². The number of hydrogen-bond donors (Lipinski definition) is 3. The zero-order valence-electron chi connectivity index (χ0n) is 14.7. The third-order valence-electron chi connectivity index (χ3n) is 5.19. The Hall–Kier alpha value is -2.57. The van der Waals surface area contributed by atoms with Crippen LogP contribution in [0.4, 0.5) is 4.79 Å². The maximum Gasteiger partial charge on any atom is 0.315 e. The molecule has 3 N–H and O–H groups in total. The summed E-state index contributed by atoms with van der Waals surface area (Å²) in [5.74, 6) is -1.96. The molecule has 1 saturated carbocycles. The molecule has 7 nitrogen and oxygen atoms in total. The predicted octanol–water partition coefficient (Wildman–Crippen LogP) is 1.83. The molecular formula is C19H25N3O4. The van der Waals surface area contributed by atoms with E-state index in [1.165, 1.54) is 11.3 Å². The van der Waals surface area contributed by atoms with Crippen LogP contribution in [-0.4, -0.2) is 47.0 Å². The highest BCUT2D eigenvalue weighted by Gasteiger charge is 2.32. The molecule has 3 amide bonds. The minimum atomic E-state index is -0.946. The second-order valence-corrected chi connectivity index (χ2v) is 7.03. The Kier molecular flexibility index (Phi) is 5.75. The number of urea groups is 1. The fraction of sp³-hybridized carbons (Fsp3) is 0.526. The third-order valence-corrected chi connectivity index (χ3v) is 5.19. The van der Waals surface area contributed by atoms with Gasteiger partial charge in [0.25, 0.3) is 0 Å². The molecule has 0 aromatic heterocycles. The van der Waals surface area contributed by atoms with Gasteiger partial charge in [0.05, 0.1) is 12.5 Å². The number of nitrogens with zero attached hydrogens (tertiary/aromatic N) is 1. The highest BCUT2D eigenvalue weighted by Crippen LogP contribution is 2.28. The number of aliphatic carboxylic acids is 1. The van der Waals surface area contributed by atoms with E-state index in [2.05, 4.69) is 10.6 Å². The molecule has 1 aliphatic heterocycles. The van der Waals surface area contributed by atoms with Crippen molar-refractivity contribution in [2.24, 2.45) is 0 Å². The van der Waals surface area contributed by atoms with E-state index < -0.39 is 11.9 Å². The molecule has 26 heavy (non-hydrogen) atoms. The molecular weight excluding hydrogens is 334 g/mol. The number of fused-ring (bicyclic) bond motifs is 1. The Balaban J connectivity index is 1.54. The van der Waals surface area contributed by atoms with E-state index in [1.54, 1.807) is 6.07 Å². The lowest BCUT2D eigenvalue weighted by molar-refractivity contribution is -0.141. The minimum Gasteiger partial charge on any atom is -0.481 e. The lowest BCUT2D eigenvalue weighted by Gasteiger charge is -2.33. The number of carbonyl (C=O) groups is 3. The van der Waals surface area contributed by atoms with Crippen molar-refractivity contribution in [3.8, 4) is 0 Å².